The Morgan fingerprint density at radius 1 is 1.10 bits per heavy atom. The van der Waals surface area contributed by atoms with Gasteiger partial charge >= 0.3 is 0 Å². The van der Waals surface area contributed by atoms with E-state index in [1.165, 1.54) is 25.3 Å². The molecule has 2 aromatic carbocycles. The molecule has 2 aromatic heterocycles. The summed E-state index contributed by atoms with van der Waals surface area (Å²) in [5, 5.41) is 5.11. The van der Waals surface area contributed by atoms with Gasteiger partial charge in [0.05, 0.1) is 28.6 Å². The van der Waals surface area contributed by atoms with Gasteiger partial charge in [-0.15, -0.1) is 0 Å². The summed E-state index contributed by atoms with van der Waals surface area (Å²) < 4.78 is 65.7. The number of hydrogen-bond acceptors (Lipinski definition) is 7. The average Bonchev–Trinajstić information content (AvgIpc) is 3.33. The summed E-state index contributed by atoms with van der Waals surface area (Å²) in [6.07, 6.45) is 5.27. The zero-order chi connectivity index (χ0) is 28.8. The second-order valence-electron chi connectivity index (χ2n) is 10.4. The van der Waals surface area contributed by atoms with Crippen LogP contribution in [0.3, 0.4) is 0 Å². The maximum Gasteiger partial charge on any atom is 0.262 e. The van der Waals surface area contributed by atoms with Gasteiger partial charge in [-0.1, -0.05) is 6.07 Å². The highest BCUT2D eigenvalue weighted by atomic mass is 32.2. The molecule has 5 rings (SSSR count). The predicted molar refractivity (Wildman–Crippen MR) is 151 cm³/mol. The summed E-state index contributed by atoms with van der Waals surface area (Å²) in [6.45, 7) is 3.89. The standard InChI is InChI=1S/C28H32F2N6O3S/c1-15(2)36-27-21(16-7-9-17(31)10-8-16)14-33-28(32)25(27)26(34-36)20-12-23(30)24(13-22(20)29)35-40(37,38)19-6-4-5-18(11-19)39-3/h4-6,11-17,35H,7-10,31H2,1-3H3,(H2,32,33). The van der Waals surface area contributed by atoms with Crippen LogP contribution in [-0.4, -0.2) is 36.3 Å². The minimum absolute atomic E-state index is 0.107. The molecule has 0 atom stereocenters. The molecule has 2 heterocycles. The Morgan fingerprint density at radius 3 is 2.50 bits per heavy atom. The van der Waals surface area contributed by atoms with Crippen molar-refractivity contribution in [1.29, 1.82) is 0 Å². The minimum atomic E-state index is -4.23. The van der Waals surface area contributed by atoms with Crippen LogP contribution in [0, 0.1) is 11.6 Å². The SMILES string of the molecule is COc1cccc(S(=O)(=O)Nc2cc(F)c(-c3nn(C(C)C)c4c(C5CCC(N)CC5)cnc(N)c34)cc2F)c1. The summed E-state index contributed by atoms with van der Waals surface area (Å²) in [7, 11) is -2.83. The molecule has 5 N–H and O–H groups in total. The van der Waals surface area contributed by atoms with Crippen LogP contribution in [0.25, 0.3) is 22.2 Å². The first kappa shape index (κ1) is 27.8. The molecule has 0 bridgehead atoms. The monoisotopic (exact) mass is 570 g/mol. The molecule has 1 fully saturated rings. The number of anilines is 2. The topological polar surface area (TPSA) is 138 Å². The quantitative estimate of drug-likeness (QED) is 0.273. The lowest BCUT2D eigenvalue weighted by Crippen LogP contribution is -2.26. The van der Waals surface area contributed by atoms with Gasteiger partial charge < -0.3 is 16.2 Å². The van der Waals surface area contributed by atoms with Crippen molar-refractivity contribution < 1.29 is 21.9 Å². The molecule has 1 saturated carbocycles. The van der Waals surface area contributed by atoms with E-state index in [0.29, 0.717) is 11.1 Å². The highest BCUT2D eigenvalue weighted by Gasteiger charge is 2.29. The van der Waals surface area contributed by atoms with Gasteiger partial charge in [0.1, 0.15) is 28.9 Å². The van der Waals surface area contributed by atoms with Crippen LogP contribution in [0.2, 0.25) is 0 Å². The van der Waals surface area contributed by atoms with E-state index in [1.54, 1.807) is 16.9 Å². The number of ether oxygens (including phenoxy) is 1. The first-order chi connectivity index (χ1) is 19.0. The van der Waals surface area contributed by atoms with Crippen LogP contribution in [0.1, 0.15) is 57.1 Å². The lowest BCUT2D eigenvalue weighted by molar-refractivity contribution is 0.395. The Morgan fingerprint density at radius 2 is 1.82 bits per heavy atom. The number of pyridine rings is 1. The van der Waals surface area contributed by atoms with Crippen molar-refractivity contribution in [2.75, 3.05) is 17.6 Å². The van der Waals surface area contributed by atoms with Crippen molar-refractivity contribution >= 4 is 32.4 Å². The van der Waals surface area contributed by atoms with Gasteiger partial charge in [-0.3, -0.25) is 9.40 Å². The van der Waals surface area contributed by atoms with Crippen LogP contribution < -0.4 is 20.9 Å². The highest BCUT2D eigenvalue weighted by molar-refractivity contribution is 7.92. The number of nitrogens with two attached hydrogens (primary N) is 2. The summed E-state index contributed by atoms with van der Waals surface area (Å²) >= 11 is 0. The number of sulfonamides is 1. The molecule has 212 valence electrons. The van der Waals surface area contributed by atoms with Crippen molar-refractivity contribution in [3.8, 4) is 17.0 Å². The summed E-state index contributed by atoms with van der Waals surface area (Å²) in [5.74, 6) is -1.20. The third-order valence-electron chi connectivity index (χ3n) is 7.39. The van der Waals surface area contributed by atoms with E-state index < -0.39 is 27.3 Å². The molecular formula is C28H32F2N6O3S. The number of halogens is 2. The molecule has 0 radical (unpaired) electrons. The number of hydrogen-bond donors (Lipinski definition) is 3. The van der Waals surface area contributed by atoms with Crippen molar-refractivity contribution in [2.45, 2.75) is 62.4 Å². The van der Waals surface area contributed by atoms with Gasteiger partial charge in [0, 0.05) is 36.0 Å². The molecule has 0 unspecified atom stereocenters. The van der Waals surface area contributed by atoms with Gasteiger partial charge in [0.2, 0.25) is 0 Å². The van der Waals surface area contributed by atoms with Gasteiger partial charge in [0.15, 0.2) is 0 Å². The molecule has 1 aliphatic carbocycles. The number of aromatic nitrogens is 3. The van der Waals surface area contributed by atoms with E-state index in [2.05, 4.69) is 14.8 Å². The van der Waals surface area contributed by atoms with E-state index >= 15 is 8.78 Å². The summed E-state index contributed by atoms with van der Waals surface area (Å²) in [5.41, 5.74) is 13.6. The minimum Gasteiger partial charge on any atom is -0.497 e. The fourth-order valence-corrected chi connectivity index (χ4v) is 6.38. The number of nitrogen functional groups attached to an aromatic ring is 1. The maximum atomic E-state index is 15.6. The molecule has 40 heavy (non-hydrogen) atoms. The first-order valence-corrected chi connectivity index (χ1v) is 14.6. The normalized spacial score (nSPS) is 17.9. The summed E-state index contributed by atoms with van der Waals surface area (Å²) in [6, 6.07) is 7.45. The third-order valence-corrected chi connectivity index (χ3v) is 8.75. The molecule has 4 aromatic rings. The molecule has 0 saturated heterocycles. The maximum absolute atomic E-state index is 15.6. The fourth-order valence-electron chi connectivity index (χ4n) is 5.29. The second-order valence-corrected chi connectivity index (χ2v) is 12.1. The zero-order valence-electron chi connectivity index (χ0n) is 22.5. The van der Waals surface area contributed by atoms with Crippen molar-refractivity contribution in [3.63, 3.8) is 0 Å². The largest absolute Gasteiger partial charge is 0.497 e. The predicted octanol–water partition coefficient (Wildman–Crippen LogP) is 5.33. The molecule has 9 nitrogen and oxygen atoms in total. The molecule has 1 aliphatic rings. The van der Waals surface area contributed by atoms with Gasteiger partial charge in [-0.2, -0.15) is 5.10 Å². The zero-order valence-corrected chi connectivity index (χ0v) is 23.3. The van der Waals surface area contributed by atoms with E-state index in [0.717, 1.165) is 48.9 Å². The number of nitrogens with one attached hydrogen (secondary N) is 1. The van der Waals surface area contributed by atoms with Gasteiger partial charge in [-0.25, -0.2) is 22.2 Å². The fraction of sp³-hybridized carbons (Fsp3) is 0.357. The molecular weight excluding hydrogens is 538 g/mol. The van der Waals surface area contributed by atoms with E-state index in [-0.39, 0.29) is 40.0 Å². The van der Waals surface area contributed by atoms with Crippen LogP contribution in [0.5, 0.6) is 5.75 Å². The summed E-state index contributed by atoms with van der Waals surface area (Å²) in [4.78, 5) is 4.24. The van der Waals surface area contributed by atoms with Gasteiger partial charge in [-0.05, 0) is 69.2 Å². The second kappa shape index (κ2) is 10.7. The van der Waals surface area contributed by atoms with Crippen LogP contribution in [-0.2, 0) is 10.0 Å². The van der Waals surface area contributed by atoms with Crippen LogP contribution in [0.4, 0.5) is 20.3 Å². The van der Waals surface area contributed by atoms with Crippen molar-refractivity contribution in [3.05, 3.63) is 59.8 Å². The number of rotatable bonds is 7. The molecule has 0 amide bonds. The smallest absolute Gasteiger partial charge is 0.262 e. The van der Waals surface area contributed by atoms with Crippen molar-refractivity contribution in [1.82, 2.24) is 14.8 Å². The Hall–Kier alpha value is -3.77. The highest BCUT2D eigenvalue weighted by Crippen LogP contribution is 2.42. The Bertz CT molecular complexity index is 1680. The van der Waals surface area contributed by atoms with Gasteiger partial charge in [0.25, 0.3) is 10.0 Å². The number of fused-ring (bicyclic) bond motifs is 1. The van der Waals surface area contributed by atoms with Crippen molar-refractivity contribution in [2.24, 2.45) is 5.73 Å². The number of benzene rings is 2. The molecule has 0 spiro atoms. The van der Waals surface area contributed by atoms with Crippen LogP contribution >= 0.6 is 0 Å². The van der Waals surface area contributed by atoms with E-state index in [1.807, 2.05) is 13.8 Å². The Labute approximate surface area is 231 Å². The third kappa shape index (κ3) is 5.08. The van der Waals surface area contributed by atoms with E-state index in [4.69, 9.17) is 16.2 Å². The number of methoxy groups -OCH3 is 1. The van der Waals surface area contributed by atoms with E-state index in [9.17, 15) is 8.42 Å². The average molecular weight is 571 g/mol. The van der Waals surface area contributed by atoms with Crippen LogP contribution in [0.15, 0.2) is 47.5 Å². The lowest BCUT2D eigenvalue weighted by Gasteiger charge is -2.27. The Kier molecular flexibility index (Phi) is 7.40. The number of nitrogens with zero attached hydrogens (tertiary/aromatic N) is 3. The Balaban J connectivity index is 1.59. The lowest BCUT2D eigenvalue weighted by atomic mass is 9.82. The first-order valence-electron chi connectivity index (χ1n) is 13.1. The molecule has 0 aliphatic heterocycles. The molecule has 12 heteroatoms.